The minimum Gasteiger partial charge on any atom is -0.310 e. The van der Waals surface area contributed by atoms with Gasteiger partial charge in [0.15, 0.2) is 0 Å². The molecule has 1 saturated heterocycles. The number of benzene rings is 1. The first-order valence-corrected chi connectivity index (χ1v) is 8.09. The van der Waals surface area contributed by atoms with Crippen LogP contribution in [0.3, 0.4) is 0 Å². The molecule has 2 aliphatic rings. The molecule has 0 atom stereocenters. The van der Waals surface area contributed by atoms with Gasteiger partial charge in [0.1, 0.15) is 11.6 Å². The van der Waals surface area contributed by atoms with Crippen molar-refractivity contribution < 1.29 is 8.78 Å². The summed E-state index contributed by atoms with van der Waals surface area (Å²) in [6, 6.07) is 4.14. The van der Waals surface area contributed by atoms with Gasteiger partial charge in [-0.15, -0.1) is 0 Å². The van der Waals surface area contributed by atoms with Crippen molar-refractivity contribution in [3.8, 4) is 0 Å². The maximum absolute atomic E-state index is 13.9. The Bertz CT molecular complexity index is 463. The highest BCUT2D eigenvalue weighted by atomic mass is 19.1. The topological polar surface area (TPSA) is 15.3 Å². The molecule has 21 heavy (non-hydrogen) atoms. The van der Waals surface area contributed by atoms with Crippen LogP contribution in [0.25, 0.3) is 0 Å². The molecule has 0 unspecified atom stereocenters. The van der Waals surface area contributed by atoms with Crippen LogP contribution in [0.1, 0.15) is 44.1 Å². The second-order valence-corrected chi connectivity index (χ2v) is 6.53. The van der Waals surface area contributed by atoms with E-state index in [9.17, 15) is 8.78 Å². The summed E-state index contributed by atoms with van der Waals surface area (Å²) in [7, 11) is 0. The number of nitrogens with one attached hydrogen (secondary N) is 1. The first kappa shape index (κ1) is 14.9. The standard InChI is InChI=1S/C17H24F2N2/c18-15-6-4-7-16(19)14(15)12-21-11-5-10-20-17(13-21)8-2-1-3-9-17/h4,6-7,20H,1-3,5,8-13H2. The highest BCUT2D eigenvalue weighted by Crippen LogP contribution is 2.31. The fourth-order valence-electron chi connectivity index (χ4n) is 3.82. The summed E-state index contributed by atoms with van der Waals surface area (Å²) in [5.41, 5.74) is 0.376. The molecule has 1 N–H and O–H groups in total. The van der Waals surface area contributed by atoms with Gasteiger partial charge in [-0.2, -0.15) is 0 Å². The van der Waals surface area contributed by atoms with Gasteiger partial charge in [-0.1, -0.05) is 25.3 Å². The maximum atomic E-state index is 13.9. The Morgan fingerprint density at radius 3 is 2.48 bits per heavy atom. The Morgan fingerprint density at radius 1 is 1.05 bits per heavy atom. The minimum atomic E-state index is -0.426. The van der Waals surface area contributed by atoms with E-state index in [2.05, 4.69) is 10.2 Å². The summed E-state index contributed by atoms with van der Waals surface area (Å²) in [5, 5.41) is 3.71. The van der Waals surface area contributed by atoms with Crippen molar-refractivity contribution in [3.05, 3.63) is 35.4 Å². The third-order valence-electron chi connectivity index (χ3n) is 4.93. The quantitative estimate of drug-likeness (QED) is 0.898. The molecule has 2 nitrogen and oxygen atoms in total. The lowest BCUT2D eigenvalue weighted by molar-refractivity contribution is 0.157. The van der Waals surface area contributed by atoms with Gasteiger partial charge in [-0.05, 0) is 44.5 Å². The average molecular weight is 294 g/mol. The predicted octanol–water partition coefficient (Wildman–Crippen LogP) is 3.46. The lowest BCUT2D eigenvalue weighted by Gasteiger charge is -2.40. The summed E-state index contributed by atoms with van der Waals surface area (Å²) in [4.78, 5) is 2.23. The number of nitrogens with zero attached hydrogens (tertiary/aromatic N) is 1. The lowest BCUT2D eigenvalue weighted by Crippen LogP contribution is -2.52. The SMILES string of the molecule is Fc1cccc(F)c1CN1CCCNC2(CCCCC2)C1. The third-order valence-corrected chi connectivity index (χ3v) is 4.93. The first-order valence-electron chi connectivity index (χ1n) is 8.09. The minimum absolute atomic E-state index is 0.163. The molecule has 1 aliphatic heterocycles. The zero-order valence-electron chi connectivity index (χ0n) is 12.5. The molecule has 2 fully saturated rings. The molecule has 1 saturated carbocycles. The van der Waals surface area contributed by atoms with Crippen molar-refractivity contribution in [1.82, 2.24) is 10.2 Å². The fourth-order valence-corrected chi connectivity index (χ4v) is 3.82. The Balaban J connectivity index is 1.75. The van der Waals surface area contributed by atoms with Gasteiger partial charge in [-0.25, -0.2) is 8.78 Å². The van der Waals surface area contributed by atoms with Crippen LogP contribution < -0.4 is 5.32 Å². The third kappa shape index (κ3) is 3.43. The van der Waals surface area contributed by atoms with Crippen molar-refractivity contribution in [3.63, 3.8) is 0 Å². The molecule has 116 valence electrons. The highest BCUT2D eigenvalue weighted by Gasteiger charge is 2.35. The molecule has 0 radical (unpaired) electrons. The van der Waals surface area contributed by atoms with E-state index in [1.165, 1.54) is 50.3 Å². The molecule has 3 rings (SSSR count). The summed E-state index contributed by atoms with van der Waals surface area (Å²) in [6.07, 6.45) is 7.24. The molecule has 0 bridgehead atoms. The Morgan fingerprint density at radius 2 is 1.76 bits per heavy atom. The van der Waals surface area contributed by atoms with E-state index in [-0.39, 0.29) is 11.1 Å². The van der Waals surface area contributed by atoms with E-state index in [1.54, 1.807) is 0 Å². The van der Waals surface area contributed by atoms with Crippen LogP contribution in [0.5, 0.6) is 0 Å². The van der Waals surface area contributed by atoms with Gasteiger partial charge in [0.05, 0.1) is 0 Å². The van der Waals surface area contributed by atoms with Crippen LogP contribution in [0.4, 0.5) is 8.78 Å². The normalized spacial score (nSPS) is 23.1. The summed E-state index contributed by atoms with van der Waals surface area (Å²) in [6.45, 7) is 3.20. The van der Waals surface area contributed by atoms with Crippen LogP contribution in [-0.2, 0) is 6.54 Å². The predicted molar refractivity (Wildman–Crippen MR) is 80.1 cm³/mol. The molecule has 1 spiro atoms. The second kappa shape index (κ2) is 6.41. The van der Waals surface area contributed by atoms with E-state index in [4.69, 9.17) is 0 Å². The number of hydrogen-bond acceptors (Lipinski definition) is 2. The summed E-state index contributed by atoms with van der Waals surface area (Å²) < 4.78 is 27.7. The molecule has 1 heterocycles. The van der Waals surface area contributed by atoms with Crippen LogP contribution in [-0.4, -0.2) is 30.1 Å². The molecular weight excluding hydrogens is 270 g/mol. The van der Waals surface area contributed by atoms with E-state index in [0.717, 1.165) is 26.1 Å². The van der Waals surface area contributed by atoms with Crippen molar-refractivity contribution >= 4 is 0 Å². The van der Waals surface area contributed by atoms with Crippen molar-refractivity contribution in [1.29, 1.82) is 0 Å². The van der Waals surface area contributed by atoms with Gasteiger partial charge in [0.25, 0.3) is 0 Å². The van der Waals surface area contributed by atoms with Crippen LogP contribution in [0.15, 0.2) is 18.2 Å². The molecule has 0 aromatic heterocycles. The fraction of sp³-hybridized carbons (Fsp3) is 0.647. The molecule has 0 amide bonds. The largest absolute Gasteiger partial charge is 0.310 e. The molecule has 1 aromatic rings. The van der Waals surface area contributed by atoms with Gasteiger partial charge >= 0.3 is 0 Å². The monoisotopic (exact) mass is 294 g/mol. The smallest absolute Gasteiger partial charge is 0.130 e. The van der Waals surface area contributed by atoms with Gasteiger partial charge in [0.2, 0.25) is 0 Å². The van der Waals surface area contributed by atoms with Gasteiger partial charge < -0.3 is 5.32 Å². The molecule has 1 aliphatic carbocycles. The maximum Gasteiger partial charge on any atom is 0.130 e. The number of rotatable bonds is 2. The highest BCUT2D eigenvalue weighted by molar-refractivity contribution is 5.19. The average Bonchev–Trinajstić information content (AvgIpc) is 2.66. The van der Waals surface area contributed by atoms with E-state index in [0.29, 0.717) is 6.54 Å². The Labute approximate surface area is 125 Å². The van der Waals surface area contributed by atoms with E-state index < -0.39 is 11.6 Å². The van der Waals surface area contributed by atoms with E-state index >= 15 is 0 Å². The van der Waals surface area contributed by atoms with Crippen molar-refractivity contribution in [2.75, 3.05) is 19.6 Å². The number of hydrogen-bond donors (Lipinski definition) is 1. The van der Waals surface area contributed by atoms with Crippen LogP contribution in [0.2, 0.25) is 0 Å². The van der Waals surface area contributed by atoms with Crippen LogP contribution >= 0.6 is 0 Å². The first-order chi connectivity index (χ1) is 10.2. The van der Waals surface area contributed by atoms with Crippen LogP contribution in [0, 0.1) is 11.6 Å². The van der Waals surface area contributed by atoms with Crippen molar-refractivity contribution in [2.24, 2.45) is 0 Å². The molecule has 1 aromatic carbocycles. The van der Waals surface area contributed by atoms with Gasteiger partial charge in [0, 0.05) is 24.2 Å². The zero-order chi connectivity index (χ0) is 14.7. The lowest BCUT2D eigenvalue weighted by atomic mass is 9.81. The second-order valence-electron chi connectivity index (χ2n) is 6.53. The van der Waals surface area contributed by atoms with Gasteiger partial charge in [-0.3, -0.25) is 4.90 Å². The Hall–Kier alpha value is -1.00. The Kier molecular flexibility index (Phi) is 4.55. The summed E-state index contributed by atoms with van der Waals surface area (Å²) >= 11 is 0. The molecular formula is C17H24F2N2. The zero-order valence-corrected chi connectivity index (χ0v) is 12.5. The van der Waals surface area contributed by atoms with E-state index in [1.807, 2.05) is 0 Å². The van der Waals surface area contributed by atoms with Crippen molar-refractivity contribution in [2.45, 2.75) is 50.6 Å². The molecule has 4 heteroatoms. The number of halogens is 2. The summed E-state index contributed by atoms with van der Waals surface area (Å²) in [5.74, 6) is -0.852.